The zero-order valence-corrected chi connectivity index (χ0v) is 13.8. The molecule has 3 aromatic rings. The third-order valence-electron chi connectivity index (χ3n) is 4.54. The Hall–Kier alpha value is -3.44. The molecule has 3 aromatic carbocycles. The minimum atomic E-state index is -1.26. The summed E-state index contributed by atoms with van der Waals surface area (Å²) in [6.07, 6.45) is 1.69. The summed E-state index contributed by atoms with van der Waals surface area (Å²) in [5.74, 6) is 0.241. The Morgan fingerprint density at radius 2 is 1.23 bits per heavy atom. The predicted octanol–water partition coefficient (Wildman–Crippen LogP) is 3.62. The van der Waals surface area contributed by atoms with E-state index in [9.17, 15) is 15.3 Å². The highest BCUT2D eigenvalue weighted by Gasteiger charge is 2.47. The van der Waals surface area contributed by atoms with Gasteiger partial charge in [-0.2, -0.15) is 0 Å². The molecule has 1 aliphatic rings. The summed E-state index contributed by atoms with van der Waals surface area (Å²) in [4.78, 5) is 5.95. The van der Waals surface area contributed by atoms with Crippen LogP contribution in [-0.4, -0.2) is 15.3 Å². The van der Waals surface area contributed by atoms with Crippen molar-refractivity contribution in [3.63, 3.8) is 0 Å². The molecule has 5 nitrogen and oxygen atoms in total. The second kappa shape index (κ2) is 6.13. The van der Waals surface area contributed by atoms with Gasteiger partial charge in [-0.3, -0.25) is 10.3 Å². The van der Waals surface area contributed by atoms with Crippen molar-refractivity contribution >= 4 is 5.57 Å². The quantitative estimate of drug-likeness (QED) is 0.582. The molecule has 1 heterocycles. The summed E-state index contributed by atoms with van der Waals surface area (Å²) in [7, 11) is 0. The van der Waals surface area contributed by atoms with E-state index in [1.807, 2.05) is 0 Å². The van der Waals surface area contributed by atoms with Crippen LogP contribution >= 0.6 is 0 Å². The van der Waals surface area contributed by atoms with Gasteiger partial charge >= 0.3 is 0 Å². The van der Waals surface area contributed by atoms with Gasteiger partial charge in [0.25, 0.3) is 0 Å². The first-order chi connectivity index (χ1) is 12.6. The summed E-state index contributed by atoms with van der Waals surface area (Å²) in [5, 5.41) is 30.7. The van der Waals surface area contributed by atoms with Gasteiger partial charge in [-0.25, -0.2) is 0 Å². The lowest BCUT2D eigenvalue weighted by Gasteiger charge is -2.32. The summed E-state index contributed by atoms with van der Waals surface area (Å²) >= 11 is 0. The molecule has 0 bridgehead atoms. The van der Waals surface area contributed by atoms with Crippen molar-refractivity contribution in [2.45, 2.75) is 5.60 Å². The smallest absolute Gasteiger partial charge is 0.180 e. The van der Waals surface area contributed by atoms with Gasteiger partial charge in [0, 0.05) is 22.9 Å². The van der Waals surface area contributed by atoms with Gasteiger partial charge in [-0.05, 0) is 29.8 Å². The molecule has 0 saturated heterocycles. The number of hydrogen-bond acceptors (Lipinski definition) is 5. The molecule has 0 radical (unpaired) electrons. The third kappa shape index (κ3) is 2.37. The first kappa shape index (κ1) is 16.1. The van der Waals surface area contributed by atoms with Gasteiger partial charge < -0.3 is 15.3 Å². The van der Waals surface area contributed by atoms with E-state index in [2.05, 4.69) is 5.48 Å². The molecule has 0 spiro atoms. The van der Waals surface area contributed by atoms with E-state index in [1.54, 1.807) is 79.0 Å². The van der Waals surface area contributed by atoms with Crippen LogP contribution in [0.1, 0.15) is 16.7 Å². The standard InChI is InChI=1S/C21H17NO4/c23-15-11-9-14(10-12-15)18-13-22-26-21(18,16-5-1-3-7-19(16)24)17-6-2-4-8-20(17)25/h1-13,22-25H. The number of benzene rings is 3. The normalized spacial score (nSPS) is 15.3. The fraction of sp³-hybridized carbons (Fsp3) is 0.0476. The van der Waals surface area contributed by atoms with E-state index in [-0.39, 0.29) is 17.2 Å². The minimum absolute atomic E-state index is 0.0455. The fourth-order valence-corrected chi connectivity index (χ4v) is 3.35. The summed E-state index contributed by atoms with van der Waals surface area (Å²) in [6, 6.07) is 20.4. The second-order valence-corrected chi connectivity index (χ2v) is 6.04. The molecule has 1 aliphatic heterocycles. The summed E-state index contributed by atoms with van der Waals surface area (Å²) < 4.78 is 0. The van der Waals surface area contributed by atoms with Gasteiger partial charge in [0.1, 0.15) is 17.2 Å². The van der Waals surface area contributed by atoms with E-state index in [1.165, 1.54) is 0 Å². The molecule has 0 amide bonds. The lowest BCUT2D eigenvalue weighted by molar-refractivity contribution is -0.0104. The molecule has 0 fully saturated rings. The fourth-order valence-electron chi connectivity index (χ4n) is 3.35. The van der Waals surface area contributed by atoms with E-state index < -0.39 is 5.60 Å². The van der Waals surface area contributed by atoms with Gasteiger partial charge in [-0.1, -0.05) is 48.5 Å². The lowest BCUT2D eigenvalue weighted by Crippen LogP contribution is -2.31. The van der Waals surface area contributed by atoms with Crippen molar-refractivity contribution in [3.8, 4) is 17.2 Å². The first-order valence-corrected chi connectivity index (χ1v) is 8.13. The zero-order valence-electron chi connectivity index (χ0n) is 13.8. The maximum atomic E-state index is 10.5. The molecular formula is C21H17NO4. The lowest BCUT2D eigenvalue weighted by atomic mass is 9.77. The molecule has 0 aliphatic carbocycles. The average Bonchev–Trinajstić information content (AvgIpc) is 3.08. The number of hydroxylamine groups is 1. The van der Waals surface area contributed by atoms with Crippen LogP contribution in [0, 0.1) is 0 Å². The van der Waals surface area contributed by atoms with E-state index in [0.29, 0.717) is 16.7 Å². The molecule has 0 saturated carbocycles. The number of nitrogens with one attached hydrogen (secondary N) is 1. The number of hydrogen-bond donors (Lipinski definition) is 4. The Morgan fingerprint density at radius 3 is 1.77 bits per heavy atom. The van der Waals surface area contributed by atoms with Crippen molar-refractivity contribution in [3.05, 3.63) is 95.7 Å². The number of phenolic OH excluding ortho intramolecular Hbond substituents is 3. The largest absolute Gasteiger partial charge is 0.508 e. The van der Waals surface area contributed by atoms with Crippen LogP contribution in [0.5, 0.6) is 17.2 Å². The number of rotatable bonds is 3. The van der Waals surface area contributed by atoms with Crippen LogP contribution in [0.2, 0.25) is 0 Å². The molecule has 26 heavy (non-hydrogen) atoms. The van der Waals surface area contributed by atoms with Crippen LogP contribution in [0.25, 0.3) is 5.57 Å². The van der Waals surface area contributed by atoms with Crippen molar-refractivity contribution in [1.82, 2.24) is 5.48 Å². The molecule has 4 N–H and O–H groups in total. The molecule has 130 valence electrons. The highest BCUT2D eigenvalue weighted by molar-refractivity contribution is 5.81. The Kier molecular flexibility index (Phi) is 3.78. The van der Waals surface area contributed by atoms with Gasteiger partial charge in [0.2, 0.25) is 0 Å². The SMILES string of the molecule is Oc1ccc(C2=CNOC2(c2ccccc2O)c2ccccc2O)cc1. The Labute approximate surface area is 150 Å². The number of aromatic hydroxyl groups is 3. The molecule has 0 aromatic heterocycles. The minimum Gasteiger partial charge on any atom is -0.508 e. The van der Waals surface area contributed by atoms with Crippen molar-refractivity contribution in [2.24, 2.45) is 0 Å². The molecule has 5 heteroatoms. The monoisotopic (exact) mass is 347 g/mol. The Balaban J connectivity index is 2.01. The third-order valence-corrected chi connectivity index (χ3v) is 4.54. The summed E-state index contributed by atoms with van der Waals surface area (Å²) in [5.41, 5.74) is 3.98. The first-order valence-electron chi connectivity index (χ1n) is 8.13. The molecule has 0 unspecified atom stereocenters. The van der Waals surface area contributed by atoms with Crippen LogP contribution in [0.3, 0.4) is 0 Å². The Bertz CT molecular complexity index is 934. The topological polar surface area (TPSA) is 82.0 Å². The Morgan fingerprint density at radius 1 is 0.692 bits per heavy atom. The predicted molar refractivity (Wildman–Crippen MR) is 97.3 cm³/mol. The molecular weight excluding hydrogens is 330 g/mol. The van der Waals surface area contributed by atoms with Crippen LogP contribution in [0.15, 0.2) is 79.0 Å². The second-order valence-electron chi connectivity index (χ2n) is 6.04. The van der Waals surface area contributed by atoms with Crippen molar-refractivity contribution in [1.29, 1.82) is 0 Å². The highest BCUT2D eigenvalue weighted by atomic mass is 16.7. The highest BCUT2D eigenvalue weighted by Crippen LogP contribution is 2.51. The summed E-state index contributed by atoms with van der Waals surface area (Å²) in [6.45, 7) is 0. The molecule has 4 rings (SSSR count). The van der Waals surface area contributed by atoms with Crippen molar-refractivity contribution in [2.75, 3.05) is 0 Å². The van der Waals surface area contributed by atoms with Gasteiger partial charge in [0.05, 0.1) is 0 Å². The zero-order chi connectivity index (χ0) is 18.1. The number of phenols is 3. The van der Waals surface area contributed by atoms with Gasteiger partial charge in [0.15, 0.2) is 5.60 Å². The van der Waals surface area contributed by atoms with E-state index in [0.717, 1.165) is 5.56 Å². The van der Waals surface area contributed by atoms with Crippen LogP contribution in [0.4, 0.5) is 0 Å². The van der Waals surface area contributed by atoms with E-state index >= 15 is 0 Å². The maximum absolute atomic E-state index is 10.5. The van der Waals surface area contributed by atoms with Crippen molar-refractivity contribution < 1.29 is 20.2 Å². The molecule has 0 atom stereocenters. The van der Waals surface area contributed by atoms with Crippen LogP contribution < -0.4 is 5.48 Å². The average molecular weight is 347 g/mol. The van der Waals surface area contributed by atoms with Crippen LogP contribution in [-0.2, 0) is 10.4 Å². The van der Waals surface area contributed by atoms with E-state index in [4.69, 9.17) is 4.84 Å². The maximum Gasteiger partial charge on any atom is 0.180 e. The van der Waals surface area contributed by atoms with Gasteiger partial charge in [-0.15, -0.1) is 0 Å². The number of para-hydroxylation sites is 2.